The number of benzene rings is 1. The molecule has 3 rings (SSSR count). The van der Waals surface area contributed by atoms with Crippen LogP contribution in [-0.4, -0.2) is 48.2 Å². The predicted molar refractivity (Wildman–Crippen MR) is 117 cm³/mol. The first kappa shape index (κ1) is 22.0. The van der Waals surface area contributed by atoms with Crippen LogP contribution in [0.5, 0.6) is 0 Å². The Morgan fingerprint density at radius 3 is 2.34 bits per heavy atom. The van der Waals surface area contributed by atoms with E-state index in [1.165, 1.54) is 0 Å². The van der Waals surface area contributed by atoms with E-state index in [9.17, 15) is 8.42 Å². The topological polar surface area (TPSA) is 67.2 Å². The molecule has 1 fully saturated rings. The van der Waals surface area contributed by atoms with Crippen molar-refractivity contribution >= 4 is 10.0 Å². The molecule has 7 heteroatoms. The van der Waals surface area contributed by atoms with Crippen molar-refractivity contribution in [3.05, 3.63) is 47.8 Å². The molecule has 0 amide bonds. The fourth-order valence-electron chi connectivity index (χ4n) is 3.83. The van der Waals surface area contributed by atoms with E-state index in [0.717, 1.165) is 43.6 Å². The van der Waals surface area contributed by atoms with E-state index < -0.39 is 10.0 Å². The molecule has 0 saturated carbocycles. The van der Waals surface area contributed by atoms with Crippen LogP contribution in [-0.2, 0) is 22.0 Å². The van der Waals surface area contributed by atoms with E-state index in [1.54, 1.807) is 16.4 Å². The number of sulfonamides is 1. The summed E-state index contributed by atoms with van der Waals surface area (Å²) in [5.74, 6) is 0. The summed E-state index contributed by atoms with van der Waals surface area (Å²) in [6.45, 7) is 11.3. The third kappa shape index (κ3) is 5.47. The van der Waals surface area contributed by atoms with Crippen LogP contribution in [0.15, 0.2) is 41.4 Å². The maximum Gasteiger partial charge on any atom is 0.243 e. The molecular formula is C22H34N4O2S. The lowest BCUT2D eigenvalue weighted by Crippen LogP contribution is -2.46. The van der Waals surface area contributed by atoms with Crippen LogP contribution in [0.25, 0.3) is 0 Å². The molecule has 29 heavy (non-hydrogen) atoms. The SMILES string of the molecule is Cc1ccn(CCCN(C2CCNCC2)S(=O)(=O)c2ccc(C(C)(C)C)cc2)n1. The van der Waals surface area contributed by atoms with Gasteiger partial charge in [-0.05, 0) is 68.5 Å². The molecule has 0 atom stereocenters. The molecule has 0 radical (unpaired) electrons. The highest BCUT2D eigenvalue weighted by molar-refractivity contribution is 7.89. The van der Waals surface area contributed by atoms with E-state index in [4.69, 9.17) is 0 Å². The largest absolute Gasteiger partial charge is 0.317 e. The van der Waals surface area contributed by atoms with E-state index >= 15 is 0 Å². The lowest BCUT2D eigenvalue weighted by Gasteiger charge is -2.34. The first-order valence-electron chi connectivity index (χ1n) is 10.5. The molecule has 1 aliphatic heterocycles. The smallest absolute Gasteiger partial charge is 0.243 e. The first-order chi connectivity index (χ1) is 13.7. The van der Waals surface area contributed by atoms with Gasteiger partial charge in [-0.1, -0.05) is 32.9 Å². The monoisotopic (exact) mass is 418 g/mol. The van der Waals surface area contributed by atoms with Gasteiger partial charge in [0.15, 0.2) is 0 Å². The van der Waals surface area contributed by atoms with Crippen molar-refractivity contribution in [2.45, 2.75) is 69.9 Å². The molecule has 2 aromatic rings. The van der Waals surface area contributed by atoms with Gasteiger partial charge in [-0.25, -0.2) is 8.42 Å². The fraction of sp³-hybridized carbons (Fsp3) is 0.591. The Kier molecular flexibility index (Phi) is 6.81. The standard InChI is InChI=1S/C22H34N4O2S/c1-18-12-17-25(24-18)15-5-16-26(20-10-13-23-14-11-20)29(27,28)21-8-6-19(7-9-21)22(2,3)4/h6-9,12,17,20,23H,5,10-11,13-16H2,1-4H3. The van der Waals surface area contributed by atoms with Gasteiger partial charge in [-0.3, -0.25) is 4.68 Å². The maximum absolute atomic E-state index is 13.5. The third-order valence-electron chi connectivity index (χ3n) is 5.58. The summed E-state index contributed by atoms with van der Waals surface area (Å²) in [6, 6.07) is 9.43. The molecule has 1 N–H and O–H groups in total. The highest BCUT2D eigenvalue weighted by Gasteiger charge is 2.32. The summed E-state index contributed by atoms with van der Waals surface area (Å²) in [4.78, 5) is 0.388. The fourth-order valence-corrected chi connectivity index (χ4v) is 5.56. The zero-order chi connectivity index (χ0) is 21.1. The second kappa shape index (κ2) is 8.98. The summed E-state index contributed by atoms with van der Waals surface area (Å²) in [5, 5.41) is 7.75. The molecule has 0 bridgehead atoms. The number of aromatic nitrogens is 2. The number of nitrogens with zero attached hydrogens (tertiary/aromatic N) is 3. The number of piperidine rings is 1. The van der Waals surface area contributed by atoms with Gasteiger partial charge in [-0.15, -0.1) is 0 Å². The van der Waals surface area contributed by atoms with Crippen LogP contribution in [0, 0.1) is 6.92 Å². The summed E-state index contributed by atoms with van der Waals surface area (Å²) in [6.07, 6.45) is 4.38. The van der Waals surface area contributed by atoms with Crippen LogP contribution in [0.3, 0.4) is 0 Å². The normalized spacial score (nSPS) is 16.4. The number of rotatable bonds is 7. The second-order valence-corrected chi connectivity index (χ2v) is 10.8. The minimum atomic E-state index is -3.54. The van der Waals surface area contributed by atoms with E-state index in [1.807, 2.05) is 36.0 Å². The summed E-state index contributed by atoms with van der Waals surface area (Å²) >= 11 is 0. The molecule has 2 heterocycles. The Bertz CT molecular complexity index is 892. The zero-order valence-corrected chi connectivity index (χ0v) is 18.9. The van der Waals surface area contributed by atoms with Crippen molar-refractivity contribution in [1.29, 1.82) is 0 Å². The molecule has 1 aliphatic rings. The summed E-state index contributed by atoms with van der Waals surface area (Å²) in [5.41, 5.74) is 2.12. The van der Waals surface area contributed by atoms with Gasteiger partial charge in [0.1, 0.15) is 0 Å². The Morgan fingerprint density at radius 2 is 1.79 bits per heavy atom. The highest BCUT2D eigenvalue weighted by atomic mass is 32.2. The van der Waals surface area contributed by atoms with Crippen molar-refractivity contribution < 1.29 is 8.42 Å². The van der Waals surface area contributed by atoms with E-state index in [-0.39, 0.29) is 11.5 Å². The molecule has 6 nitrogen and oxygen atoms in total. The second-order valence-electron chi connectivity index (χ2n) is 8.95. The number of hydrogen-bond donors (Lipinski definition) is 1. The average Bonchev–Trinajstić information content (AvgIpc) is 3.10. The highest BCUT2D eigenvalue weighted by Crippen LogP contribution is 2.27. The molecule has 0 unspecified atom stereocenters. The van der Waals surface area contributed by atoms with Crippen molar-refractivity contribution in [1.82, 2.24) is 19.4 Å². The minimum Gasteiger partial charge on any atom is -0.317 e. The van der Waals surface area contributed by atoms with Gasteiger partial charge in [0, 0.05) is 25.3 Å². The van der Waals surface area contributed by atoms with Gasteiger partial charge < -0.3 is 5.32 Å². The molecule has 0 aliphatic carbocycles. The number of aryl methyl sites for hydroxylation is 2. The van der Waals surface area contributed by atoms with Crippen molar-refractivity contribution in [3.63, 3.8) is 0 Å². The van der Waals surface area contributed by atoms with Crippen molar-refractivity contribution in [2.24, 2.45) is 0 Å². The Morgan fingerprint density at radius 1 is 1.14 bits per heavy atom. The quantitative estimate of drug-likeness (QED) is 0.749. The van der Waals surface area contributed by atoms with E-state index in [0.29, 0.717) is 18.0 Å². The minimum absolute atomic E-state index is 0.00108. The molecule has 160 valence electrons. The molecule has 1 saturated heterocycles. The maximum atomic E-state index is 13.5. The van der Waals surface area contributed by atoms with Crippen molar-refractivity contribution in [3.8, 4) is 0 Å². The lowest BCUT2D eigenvalue weighted by atomic mass is 9.87. The van der Waals surface area contributed by atoms with Gasteiger partial charge in [0.2, 0.25) is 10.0 Å². The first-order valence-corrected chi connectivity index (χ1v) is 11.9. The molecule has 1 aromatic heterocycles. The molecule has 1 aromatic carbocycles. The Labute approximate surface area is 175 Å². The lowest BCUT2D eigenvalue weighted by molar-refractivity contribution is 0.255. The van der Waals surface area contributed by atoms with Gasteiger partial charge >= 0.3 is 0 Å². The van der Waals surface area contributed by atoms with Crippen LogP contribution >= 0.6 is 0 Å². The van der Waals surface area contributed by atoms with Gasteiger partial charge in [0.25, 0.3) is 0 Å². The number of hydrogen-bond acceptors (Lipinski definition) is 4. The van der Waals surface area contributed by atoms with E-state index in [2.05, 4.69) is 31.2 Å². The Balaban J connectivity index is 1.79. The Hall–Kier alpha value is -1.70. The molecular weight excluding hydrogens is 384 g/mol. The predicted octanol–water partition coefficient (Wildman–Crippen LogP) is 3.32. The summed E-state index contributed by atoms with van der Waals surface area (Å²) < 4.78 is 30.7. The van der Waals surface area contributed by atoms with Crippen LogP contribution in [0.2, 0.25) is 0 Å². The van der Waals surface area contributed by atoms with Crippen LogP contribution in [0.4, 0.5) is 0 Å². The summed E-state index contributed by atoms with van der Waals surface area (Å²) in [7, 11) is -3.54. The van der Waals surface area contributed by atoms with Crippen molar-refractivity contribution in [2.75, 3.05) is 19.6 Å². The van der Waals surface area contributed by atoms with Gasteiger partial charge in [0.05, 0.1) is 10.6 Å². The van der Waals surface area contributed by atoms with Gasteiger partial charge in [-0.2, -0.15) is 9.40 Å². The van der Waals surface area contributed by atoms with Crippen LogP contribution in [0.1, 0.15) is 51.3 Å². The zero-order valence-electron chi connectivity index (χ0n) is 18.1. The van der Waals surface area contributed by atoms with Crippen LogP contribution < -0.4 is 5.32 Å². The third-order valence-corrected chi connectivity index (χ3v) is 7.55. The molecule has 0 spiro atoms. The average molecular weight is 419 g/mol. The number of nitrogens with one attached hydrogen (secondary N) is 1.